The Morgan fingerprint density at radius 3 is 2.70 bits per heavy atom. The minimum atomic E-state index is -2.62. The average molecular weight is 494 g/mol. The SMILES string of the molecule is C#CCOc1ccc(-c2ccc(I)c(=O)n2CC(F)F)c(Br)c1. The van der Waals surface area contributed by atoms with Crippen molar-refractivity contribution in [2.24, 2.45) is 0 Å². The summed E-state index contributed by atoms with van der Waals surface area (Å²) in [7, 11) is 0. The normalized spacial score (nSPS) is 10.6. The van der Waals surface area contributed by atoms with Crippen LogP contribution in [0.15, 0.2) is 39.6 Å². The molecular weight excluding hydrogens is 483 g/mol. The van der Waals surface area contributed by atoms with E-state index in [1.165, 1.54) is 0 Å². The van der Waals surface area contributed by atoms with E-state index in [0.717, 1.165) is 4.57 Å². The molecule has 0 amide bonds. The largest absolute Gasteiger partial charge is 0.481 e. The van der Waals surface area contributed by atoms with Crippen molar-refractivity contribution < 1.29 is 13.5 Å². The number of nitrogens with zero attached hydrogens (tertiary/aromatic N) is 1. The Labute approximate surface area is 153 Å². The lowest BCUT2D eigenvalue weighted by molar-refractivity contribution is 0.125. The first-order chi connectivity index (χ1) is 10.9. The third-order valence-corrected chi connectivity index (χ3v) is 4.46. The molecule has 0 fully saturated rings. The summed E-state index contributed by atoms with van der Waals surface area (Å²) in [5.41, 5.74) is 0.584. The van der Waals surface area contributed by atoms with Crippen molar-refractivity contribution in [1.82, 2.24) is 4.57 Å². The molecule has 0 saturated carbocycles. The van der Waals surface area contributed by atoms with Crippen LogP contribution >= 0.6 is 38.5 Å². The van der Waals surface area contributed by atoms with Gasteiger partial charge in [-0.3, -0.25) is 4.79 Å². The standard InChI is InChI=1S/C16H11BrF2INO2/c1-2-7-23-10-3-4-11(12(17)8-10)14-6-5-13(20)16(22)21(14)9-15(18)19/h1,3-6,8,15H,7,9H2. The number of rotatable bonds is 5. The zero-order chi connectivity index (χ0) is 17.0. The van der Waals surface area contributed by atoms with E-state index in [9.17, 15) is 13.6 Å². The molecule has 0 radical (unpaired) electrons. The first kappa shape index (κ1) is 17.9. The number of hydrogen-bond donors (Lipinski definition) is 0. The summed E-state index contributed by atoms with van der Waals surface area (Å²) in [4.78, 5) is 12.2. The average Bonchev–Trinajstić information content (AvgIpc) is 2.50. The summed E-state index contributed by atoms with van der Waals surface area (Å²) in [6.45, 7) is -0.530. The Morgan fingerprint density at radius 2 is 2.09 bits per heavy atom. The number of ether oxygens (including phenoxy) is 1. The van der Waals surface area contributed by atoms with Gasteiger partial charge in [0.05, 0.1) is 15.8 Å². The summed E-state index contributed by atoms with van der Waals surface area (Å²) in [5.74, 6) is 2.91. The lowest BCUT2D eigenvalue weighted by Gasteiger charge is -2.15. The Balaban J connectivity index is 2.52. The van der Waals surface area contributed by atoms with Crippen LogP contribution in [0, 0.1) is 15.9 Å². The van der Waals surface area contributed by atoms with E-state index in [4.69, 9.17) is 11.2 Å². The summed E-state index contributed by atoms with van der Waals surface area (Å²) in [5, 5.41) is 0. The molecule has 0 aliphatic rings. The van der Waals surface area contributed by atoms with Crippen LogP contribution in [0.2, 0.25) is 0 Å². The number of pyridine rings is 1. The number of alkyl halides is 2. The topological polar surface area (TPSA) is 31.2 Å². The summed E-state index contributed by atoms with van der Waals surface area (Å²) in [6, 6.07) is 8.30. The van der Waals surface area contributed by atoms with Crippen LogP contribution in [0.3, 0.4) is 0 Å². The number of halogens is 4. The summed E-state index contributed by atoms with van der Waals surface area (Å²) >= 11 is 5.22. The van der Waals surface area contributed by atoms with Crippen molar-refractivity contribution in [2.75, 3.05) is 6.61 Å². The molecule has 0 atom stereocenters. The van der Waals surface area contributed by atoms with E-state index in [0.29, 0.717) is 25.0 Å². The molecule has 1 aromatic heterocycles. The fourth-order valence-electron chi connectivity index (χ4n) is 2.02. The number of hydrogen-bond acceptors (Lipinski definition) is 2. The van der Waals surface area contributed by atoms with Crippen LogP contribution in [-0.4, -0.2) is 17.6 Å². The van der Waals surface area contributed by atoms with Crippen molar-refractivity contribution in [3.05, 3.63) is 48.7 Å². The van der Waals surface area contributed by atoms with E-state index in [2.05, 4.69) is 21.9 Å². The number of benzene rings is 1. The van der Waals surface area contributed by atoms with Gasteiger partial charge in [0.15, 0.2) is 0 Å². The predicted molar refractivity (Wildman–Crippen MR) is 96.9 cm³/mol. The molecule has 0 spiro atoms. The fourth-order valence-corrected chi connectivity index (χ4v) is 3.06. The van der Waals surface area contributed by atoms with Crippen LogP contribution in [0.4, 0.5) is 8.78 Å². The molecule has 23 heavy (non-hydrogen) atoms. The van der Waals surface area contributed by atoms with Crippen LogP contribution in [-0.2, 0) is 6.54 Å². The molecule has 7 heteroatoms. The Hall–Kier alpha value is -1.40. The first-order valence-electron chi connectivity index (χ1n) is 6.47. The molecule has 1 aromatic carbocycles. The fraction of sp³-hybridized carbons (Fsp3) is 0.188. The summed E-state index contributed by atoms with van der Waals surface area (Å²) < 4.78 is 33.0. The van der Waals surface area contributed by atoms with Crippen LogP contribution in [0.5, 0.6) is 5.75 Å². The van der Waals surface area contributed by atoms with Gasteiger partial charge >= 0.3 is 0 Å². The van der Waals surface area contributed by atoms with Gasteiger partial charge in [-0.2, -0.15) is 0 Å². The molecule has 0 bridgehead atoms. The second-order valence-corrected chi connectivity index (χ2v) is 6.52. The maximum absolute atomic E-state index is 12.8. The van der Waals surface area contributed by atoms with Crippen molar-refractivity contribution in [3.63, 3.8) is 0 Å². The van der Waals surface area contributed by atoms with Crippen molar-refractivity contribution >= 4 is 38.5 Å². The quantitative estimate of drug-likeness (QED) is 0.462. The molecule has 0 saturated heterocycles. The molecule has 0 N–H and O–H groups in total. The van der Waals surface area contributed by atoms with E-state index in [-0.39, 0.29) is 6.61 Å². The molecule has 0 aliphatic heterocycles. The Bertz CT molecular complexity index is 815. The highest BCUT2D eigenvalue weighted by atomic mass is 127. The van der Waals surface area contributed by atoms with Gasteiger partial charge in [0.1, 0.15) is 12.4 Å². The third-order valence-electron chi connectivity index (χ3n) is 2.99. The van der Waals surface area contributed by atoms with Gasteiger partial charge in [-0.25, -0.2) is 8.78 Å². The lowest BCUT2D eigenvalue weighted by atomic mass is 10.1. The molecule has 120 valence electrons. The molecule has 0 unspecified atom stereocenters. The van der Waals surface area contributed by atoms with Crippen molar-refractivity contribution in [2.45, 2.75) is 13.0 Å². The smallest absolute Gasteiger partial charge is 0.264 e. The maximum atomic E-state index is 12.8. The van der Waals surface area contributed by atoms with Gasteiger partial charge in [0, 0.05) is 10.0 Å². The van der Waals surface area contributed by atoms with E-state index in [1.54, 1.807) is 30.3 Å². The summed E-state index contributed by atoms with van der Waals surface area (Å²) in [6.07, 6.45) is 2.51. The van der Waals surface area contributed by atoms with Gasteiger partial charge in [-0.15, -0.1) is 6.42 Å². The second-order valence-electron chi connectivity index (χ2n) is 4.51. The zero-order valence-corrected chi connectivity index (χ0v) is 15.5. The molecule has 3 nitrogen and oxygen atoms in total. The van der Waals surface area contributed by atoms with Gasteiger partial charge in [0.2, 0.25) is 0 Å². The minimum absolute atomic E-state index is 0.130. The Morgan fingerprint density at radius 1 is 1.35 bits per heavy atom. The second kappa shape index (κ2) is 7.93. The van der Waals surface area contributed by atoms with E-state index < -0.39 is 18.5 Å². The Kier molecular flexibility index (Phi) is 6.18. The third kappa shape index (κ3) is 4.32. The number of terminal acetylenes is 1. The molecule has 2 aromatic rings. The van der Waals surface area contributed by atoms with Crippen molar-refractivity contribution in [1.29, 1.82) is 0 Å². The molecule has 2 rings (SSSR count). The highest BCUT2D eigenvalue weighted by Gasteiger charge is 2.15. The highest BCUT2D eigenvalue weighted by molar-refractivity contribution is 14.1. The van der Waals surface area contributed by atoms with Gasteiger partial charge in [0.25, 0.3) is 12.0 Å². The minimum Gasteiger partial charge on any atom is -0.481 e. The van der Waals surface area contributed by atoms with E-state index in [1.807, 2.05) is 22.6 Å². The van der Waals surface area contributed by atoms with Crippen LogP contribution in [0.1, 0.15) is 0 Å². The highest BCUT2D eigenvalue weighted by Crippen LogP contribution is 2.31. The maximum Gasteiger partial charge on any atom is 0.264 e. The van der Waals surface area contributed by atoms with Crippen molar-refractivity contribution in [3.8, 4) is 29.4 Å². The predicted octanol–water partition coefficient (Wildman–Crippen LogP) is 4.16. The molecule has 1 heterocycles. The first-order valence-corrected chi connectivity index (χ1v) is 8.35. The van der Waals surface area contributed by atoms with Crippen LogP contribution in [0.25, 0.3) is 11.3 Å². The van der Waals surface area contributed by atoms with Crippen LogP contribution < -0.4 is 10.3 Å². The van der Waals surface area contributed by atoms with E-state index >= 15 is 0 Å². The van der Waals surface area contributed by atoms with Gasteiger partial charge in [-0.1, -0.05) is 5.92 Å². The van der Waals surface area contributed by atoms with Gasteiger partial charge < -0.3 is 9.30 Å². The van der Waals surface area contributed by atoms with Gasteiger partial charge in [-0.05, 0) is 68.9 Å². The zero-order valence-electron chi connectivity index (χ0n) is 11.7. The monoisotopic (exact) mass is 493 g/mol. The lowest BCUT2D eigenvalue weighted by Crippen LogP contribution is -2.26. The molecular formula is C16H11BrF2INO2. The number of aromatic nitrogens is 1. The molecule has 0 aliphatic carbocycles.